The number of fused-ring (bicyclic) bond motifs is 1. The average Bonchev–Trinajstić information content (AvgIpc) is 3.19. The molecular weight excluding hydrogens is 354 g/mol. The highest BCUT2D eigenvalue weighted by Crippen LogP contribution is 2.29. The molecule has 0 saturated carbocycles. The standard InChI is InChI=1S/C21H19N5O2/c27-17-8-6-15(7-9-17)19-23-20(25-10-12-28-13-11-25)18-21(24-19)26(14-22-18)16-4-2-1-3-5-16/h1-9,14,27H,10-13H2. The van der Waals surface area contributed by atoms with Crippen molar-refractivity contribution in [1.82, 2.24) is 19.5 Å². The molecule has 1 fully saturated rings. The largest absolute Gasteiger partial charge is 0.508 e. The maximum atomic E-state index is 9.62. The minimum absolute atomic E-state index is 0.215. The number of phenols is 1. The van der Waals surface area contributed by atoms with E-state index in [1.165, 1.54) is 0 Å². The Balaban J connectivity index is 1.72. The van der Waals surface area contributed by atoms with E-state index in [2.05, 4.69) is 9.88 Å². The van der Waals surface area contributed by atoms with Gasteiger partial charge in [-0.25, -0.2) is 15.0 Å². The molecule has 0 spiro atoms. The molecule has 1 aliphatic heterocycles. The number of morpholine rings is 1. The first-order chi connectivity index (χ1) is 13.8. The molecule has 0 radical (unpaired) electrons. The number of benzene rings is 2. The number of hydrogen-bond donors (Lipinski definition) is 1. The molecule has 1 aliphatic rings. The van der Waals surface area contributed by atoms with Gasteiger partial charge in [0, 0.05) is 24.3 Å². The molecule has 0 aliphatic carbocycles. The molecule has 5 rings (SSSR count). The number of aromatic nitrogens is 4. The number of imidazole rings is 1. The fraction of sp³-hybridized carbons (Fsp3) is 0.190. The molecule has 7 nitrogen and oxygen atoms in total. The molecule has 140 valence electrons. The summed E-state index contributed by atoms with van der Waals surface area (Å²) >= 11 is 0. The highest BCUT2D eigenvalue weighted by Gasteiger charge is 2.21. The smallest absolute Gasteiger partial charge is 0.170 e. The Labute approximate surface area is 161 Å². The Hall–Kier alpha value is -3.45. The first-order valence-electron chi connectivity index (χ1n) is 9.22. The second-order valence-electron chi connectivity index (χ2n) is 6.64. The zero-order valence-electron chi connectivity index (χ0n) is 15.2. The number of nitrogens with zero attached hydrogens (tertiary/aromatic N) is 5. The first-order valence-corrected chi connectivity index (χ1v) is 9.22. The van der Waals surface area contributed by atoms with Crippen LogP contribution in [0.25, 0.3) is 28.2 Å². The van der Waals surface area contributed by atoms with Crippen molar-refractivity contribution in [2.45, 2.75) is 0 Å². The lowest BCUT2D eigenvalue weighted by molar-refractivity contribution is 0.122. The van der Waals surface area contributed by atoms with E-state index < -0.39 is 0 Å². The normalized spacial score (nSPS) is 14.5. The maximum absolute atomic E-state index is 9.62. The van der Waals surface area contributed by atoms with Crippen LogP contribution in [-0.2, 0) is 4.74 Å². The molecule has 4 aromatic rings. The summed E-state index contributed by atoms with van der Waals surface area (Å²) in [6, 6.07) is 17.0. The number of rotatable bonds is 3. The predicted molar refractivity (Wildman–Crippen MR) is 107 cm³/mol. The molecule has 0 atom stereocenters. The third-order valence-corrected chi connectivity index (χ3v) is 4.85. The van der Waals surface area contributed by atoms with E-state index >= 15 is 0 Å². The van der Waals surface area contributed by atoms with Gasteiger partial charge in [-0.3, -0.25) is 4.57 Å². The predicted octanol–water partition coefficient (Wildman–Crippen LogP) is 3.02. The molecule has 3 heterocycles. The zero-order chi connectivity index (χ0) is 18.9. The topological polar surface area (TPSA) is 76.3 Å². The van der Waals surface area contributed by atoms with Gasteiger partial charge in [-0.2, -0.15) is 0 Å². The van der Waals surface area contributed by atoms with Gasteiger partial charge in [-0.05, 0) is 36.4 Å². The molecule has 7 heteroatoms. The van der Waals surface area contributed by atoms with Crippen LogP contribution in [0, 0.1) is 0 Å². The minimum atomic E-state index is 0.215. The molecule has 1 saturated heterocycles. The number of anilines is 1. The quantitative estimate of drug-likeness (QED) is 0.595. The Bertz CT molecular complexity index is 1100. The van der Waals surface area contributed by atoms with Gasteiger partial charge in [0.05, 0.1) is 13.2 Å². The number of ether oxygens (including phenoxy) is 1. The minimum Gasteiger partial charge on any atom is -0.508 e. The summed E-state index contributed by atoms with van der Waals surface area (Å²) in [5, 5.41) is 9.62. The van der Waals surface area contributed by atoms with Crippen LogP contribution in [0.2, 0.25) is 0 Å². The highest BCUT2D eigenvalue weighted by atomic mass is 16.5. The Kier molecular flexibility index (Phi) is 4.14. The van der Waals surface area contributed by atoms with Gasteiger partial charge in [0.25, 0.3) is 0 Å². The van der Waals surface area contributed by atoms with Gasteiger partial charge >= 0.3 is 0 Å². The molecule has 0 bridgehead atoms. The van der Waals surface area contributed by atoms with Gasteiger partial charge in [0.2, 0.25) is 0 Å². The highest BCUT2D eigenvalue weighted by molar-refractivity contribution is 5.87. The number of phenolic OH excluding ortho intramolecular Hbond substituents is 1. The first kappa shape index (κ1) is 16.7. The van der Waals surface area contributed by atoms with E-state index in [4.69, 9.17) is 14.7 Å². The third-order valence-electron chi connectivity index (χ3n) is 4.85. The van der Waals surface area contributed by atoms with E-state index in [-0.39, 0.29) is 5.75 Å². The van der Waals surface area contributed by atoms with Crippen LogP contribution in [-0.4, -0.2) is 50.9 Å². The molecule has 0 amide bonds. The average molecular weight is 373 g/mol. The number of aromatic hydroxyl groups is 1. The summed E-state index contributed by atoms with van der Waals surface area (Å²) in [7, 11) is 0. The summed E-state index contributed by atoms with van der Waals surface area (Å²) in [6.45, 7) is 2.86. The van der Waals surface area contributed by atoms with E-state index in [0.717, 1.165) is 41.3 Å². The van der Waals surface area contributed by atoms with Crippen molar-refractivity contribution in [2.24, 2.45) is 0 Å². The van der Waals surface area contributed by atoms with Crippen molar-refractivity contribution in [3.05, 3.63) is 60.9 Å². The zero-order valence-corrected chi connectivity index (χ0v) is 15.2. The van der Waals surface area contributed by atoms with Crippen LogP contribution in [0.15, 0.2) is 60.9 Å². The van der Waals surface area contributed by atoms with Crippen LogP contribution in [0.3, 0.4) is 0 Å². The van der Waals surface area contributed by atoms with Crippen molar-refractivity contribution in [2.75, 3.05) is 31.2 Å². The molecule has 28 heavy (non-hydrogen) atoms. The lowest BCUT2D eigenvalue weighted by Crippen LogP contribution is -2.37. The Morgan fingerprint density at radius 2 is 1.64 bits per heavy atom. The second kappa shape index (κ2) is 6.94. The lowest BCUT2D eigenvalue weighted by Gasteiger charge is -2.28. The molecule has 0 unspecified atom stereocenters. The van der Waals surface area contributed by atoms with Crippen molar-refractivity contribution in [3.8, 4) is 22.8 Å². The third kappa shape index (κ3) is 2.95. The van der Waals surface area contributed by atoms with Gasteiger partial charge in [-0.15, -0.1) is 0 Å². The fourth-order valence-corrected chi connectivity index (χ4v) is 3.40. The molecule has 2 aromatic heterocycles. The van der Waals surface area contributed by atoms with Gasteiger partial charge in [0.15, 0.2) is 22.8 Å². The molecular formula is C21H19N5O2. The summed E-state index contributed by atoms with van der Waals surface area (Å²) in [5.41, 5.74) is 3.36. The van der Waals surface area contributed by atoms with E-state index in [1.807, 2.05) is 47.0 Å². The number of hydrogen-bond acceptors (Lipinski definition) is 6. The Morgan fingerprint density at radius 3 is 2.39 bits per heavy atom. The van der Waals surface area contributed by atoms with E-state index in [0.29, 0.717) is 19.0 Å². The second-order valence-corrected chi connectivity index (χ2v) is 6.64. The summed E-state index contributed by atoms with van der Waals surface area (Å²) in [4.78, 5) is 16.5. The van der Waals surface area contributed by atoms with Crippen LogP contribution in [0.4, 0.5) is 5.82 Å². The van der Waals surface area contributed by atoms with Crippen molar-refractivity contribution >= 4 is 17.0 Å². The van der Waals surface area contributed by atoms with Crippen molar-refractivity contribution in [3.63, 3.8) is 0 Å². The maximum Gasteiger partial charge on any atom is 0.170 e. The van der Waals surface area contributed by atoms with Gasteiger partial charge in [-0.1, -0.05) is 18.2 Å². The van der Waals surface area contributed by atoms with E-state index in [9.17, 15) is 5.11 Å². The summed E-state index contributed by atoms with van der Waals surface area (Å²) in [6.07, 6.45) is 1.79. The molecule has 2 aromatic carbocycles. The van der Waals surface area contributed by atoms with Crippen molar-refractivity contribution < 1.29 is 9.84 Å². The number of para-hydroxylation sites is 1. The van der Waals surface area contributed by atoms with Crippen LogP contribution in [0.5, 0.6) is 5.75 Å². The monoisotopic (exact) mass is 373 g/mol. The van der Waals surface area contributed by atoms with Gasteiger partial charge in [0.1, 0.15) is 12.1 Å². The summed E-state index contributed by atoms with van der Waals surface area (Å²) in [5.74, 6) is 1.63. The summed E-state index contributed by atoms with van der Waals surface area (Å²) < 4.78 is 7.47. The van der Waals surface area contributed by atoms with Crippen LogP contribution < -0.4 is 4.90 Å². The lowest BCUT2D eigenvalue weighted by atomic mass is 10.2. The van der Waals surface area contributed by atoms with E-state index in [1.54, 1.807) is 18.5 Å². The van der Waals surface area contributed by atoms with Crippen LogP contribution >= 0.6 is 0 Å². The molecule has 1 N–H and O–H groups in total. The van der Waals surface area contributed by atoms with Crippen LogP contribution in [0.1, 0.15) is 0 Å². The Morgan fingerprint density at radius 1 is 0.893 bits per heavy atom. The fourth-order valence-electron chi connectivity index (χ4n) is 3.40. The SMILES string of the molecule is Oc1ccc(-c2nc(N3CCOCC3)c3ncn(-c4ccccc4)c3n2)cc1. The van der Waals surface area contributed by atoms with Gasteiger partial charge < -0.3 is 14.7 Å². The van der Waals surface area contributed by atoms with Crippen molar-refractivity contribution in [1.29, 1.82) is 0 Å².